The monoisotopic (exact) mass is 371 g/mol. The molecule has 136 valence electrons. The number of nitrogens with one attached hydrogen (secondary N) is 3. The number of benzene rings is 2. The fraction of sp³-hybridized carbons (Fsp3) is 0.211. The van der Waals surface area contributed by atoms with Crippen LogP contribution in [0.1, 0.15) is 17.5 Å². The molecule has 0 aliphatic heterocycles. The van der Waals surface area contributed by atoms with Crippen LogP contribution in [0.4, 0.5) is 0 Å². The maximum Gasteiger partial charge on any atom is 0.276 e. The summed E-state index contributed by atoms with van der Waals surface area (Å²) in [4.78, 5) is 23.5. The van der Waals surface area contributed by atoms with Crippen molar-refractivity contribution in [3.63, 3.8) is 0 Å². The first kappa shape index (κ1) is 19.4. The summed E-state index contributed by atoms with van der Waals surface area (Å²) in [7, 11) is 0. The van der Waals surface area contributed by atoms with Gasteiger partial charge in [0.05, 0.1) is 0 Å². The third-order valence-corrected chi connectivity index (χ3v) is 3.65. The molecule has 0 aliphatic rings. The second-order valence-corrected chi connectivity index (χ2v) is 6.05. The number of ether oxygens (including phenoxy) is 1. The summed E-state index contributed by atoms with van der Waals surface area (Å²) in [6, 6.07) is 17.0. The van der Waals surface area contributed by atoms with Crippen molar-refractivity contribution in [3.05, 3.63) is 65.7 Å². The SMILES string of the molecule is Cc1ccc(OCC(=O)NNC(=S)NC(=O)CCc2ccccc2)cc1. The topological polar surface area (TPSA) is 79.5 Å². The van der Waals surface area contributed by atoms with Crippen LogP contribution in [0.25, 0.3) is 0 Å². The molecule has 2 aromatic rings. The van der Waals surface area contributed by atoms with E-state index in [1.54, 1.807) is 12.1 Å². The maximum absolute atomic E-state index is 11.8. The van der Waals surface area contributed by atoms with Crippen LogP contribution in [0.15, 0.2) is 54.6 Å². The number of amides is 2. The van der Waals surface area contributed by atoms with Crippen molar-refractivity contribution in [1.29, 1.82) is 0 Å². The van der Waals surface area contributed by atoms with Gasteiger partial charge in [0.2, 0.25) is 5.91 Å². The summed E-state index contributed by atoms with van der Waals surface area (Å²) >= 11 is 4.97. The van der Waals surface area contributed by atoms with Crippen molar-refractivity contribution in [2.45, 2.75) is 19.8 Å². The summed E-state index contributed by atoms with van der Waals surface area (Å²) in [5.74, 6) is -0.0366. The van der Waals surface area contributed by atoms with Crippen LogP contribution in [0.5, 0.6) is 5.75 Å². The van der Waals surface area contributed by atoms with Gasteiger partial charge in [0.1, 0.15) is 5.75 Å². The average Bonchev–Trinajstić information content (AvgIpc) is 2.65. The lowest BCUT2D eigenvalue weighted by molar-refractivity contribution is -0.124. The van der Waals surface area contributed by atoms with Crippen LogP contribution >= 0.6 is 12.2 Å². The van der Waals surface area contributed by atoms with Gasteiger partial charge in [-0.2, -0.15) is 0 Å². The number of hydrogen-bond acceptors (Lipinski definition) is 4. The van der Waals surface area contributed by atoms with Crippen molar-refractivity contribution in [3.8, 4) is 5.75 Å². The van der Waals surface area contributed by atoms with E-state index in [2.05, 4.69) is 16.2 Å². The zero-order valence-electron chi connectivity index (χ0n) is 14.5. The summed E-state index contributed by atoms with van der Waals surface area (Å²) in [5, 5.41) is 2.55. The summed E-state index contributed by atoms with van der Waals surface area (Å²) < 4.78 is 5.34. The minimum absolute atomic E-state index is 0.0340. The third kappa shape index (κ3) is 7.31. The van der Waals surface area contributed by atoms with E-state index in [4.69, 9.17) is 17.0 Å². The Kier molecular flexibility index (Phi) is 7.57. The molecule has 0 saturated heterocycles. The molecule has 26 heavy (non-hydrogen) atoms. The van der Waals surface area contributed by atoms with Gasteiger partial charge in [-0.1, -0.05) is 48.0 Å². The highest BCUT2D eigenvalue weighted by Crippen LogP contribution is 2.10. The minimum atomic E-state index is -0.411. The molecule has 0 unspecified atom stereocenters. The van der Waals surface area contributed by atoms with Gasteiger partial charge in [0, 0.05) is 6.42 Å². The molecule has 0 spiro atoms. The van der Waals surface area contributed by atoms with Gasteiger partial charge < -0.3 is 10.1 Å². The Morgan fingerprint density at radius 1 is 0.962 bits per heavy atom. The Bertz CT molecular complexity index is 748. The van der Waals surface area contributed by atoms with E-state index in [1.807, 2.05) is 49.4 Å². The van der Waals surface area contributed by atoms with E-state index in [9.17, 15) is 9.59 Å². The van der Waals surface area contributed by atoms with Crippen molar-refractivity contribution >= 4 is 29.1 Å². The van der Waals surface area contributed by atoms with Gasteiger partial charge in [-0.25, -0.2) is 0 Å². The Labute approximate surface area is 157 Å². The molecular weight excluding hydrogens is 350 g/mol. The molecule has 2 aromatic carbocycles. The number of thiocarbonyl (C=S) groups is 1. The molecule has 0 bridgehead atoms. The molecule has 2 rings (SSSR count). The first-order valence-electron chi connectivity index (χ1n) is 8.15. The van der Waals surface area contributed by atoms with E-state index < -0.39 is 5.91 Å². The standard InChI is InChI=1S/C19H21N3O3S/c1-14-7-10-16(11-8-14)25-13-18(24)21-22-19(26)20-17(23)12-9-15-5-3-2-4-6-15/h2-8,10-11H,9,12-13H2,1H3,(H,21,24)(H2,20,22,23,26). The van der Waals surface area contributed by atoms with Gasteiger partial charge in [-0.05, 0) is 43.3 Å². The molecule has 0 heterocycles. The Hall–Kier alpha value is -2.93. The number of carbonyl (C=O) groups excluding carboxylic acids is 2. The van der Waals surface area contributed by atoms with Crippen molar-refractivity contribution in [2.24, 2.45) is 0 Å². The number of rotatable bonds is 6. The second kappa shape index (κ2) is 10.1. The van der Waals surface area contributed by atoms with E-state index in [1.165, 1.54) is 0 Å². The van der Waals surface area contributed by atoms with Gasteiger partial charge >= 0.3 is 0 Å². The normalized spacial score (nSPS) is 9.88. The Morgan fingerprint density at radius 3 is 2.35 bits per heavy atom. The lowest BCUT2D eigenvalue weighted by Gasteiger charge is -2.11. The first-order chi connectivity index (χ1) is 12.5. The fourth-order valence-electron chi connectivity index (χ4n) is 2.07. The molecule has 0 fully saturated rings. The van der Waals surface area contributed by atoms with Crippen molar-refractivity contribution < 1.29 is 14.3 Å². The van der Waals surface area contributed by atoms with Crippen LogP contribution in [-0.2, 0) is 16.0 Å². The molecule has 0 aliphatic carbocycles. The lowest BCUT2D eigenvalue weighted by atomic mass is 10.1. The van der Waals surface area contributed by atoms with Gasteiger partial charge in [-0.3, -0.25) is 20.4 Å². The highest BCUT2D eigenvalue weighted by atomic mass is 32.1. The summed E-state index contributed by atoms with van der Waals surface area (Å²) in [6.07, 6.45) is 0.919. The highest BCUT2D eigenvalue weighted by Gasteiger charge is 2.07. The summed E-state index contributed by atoms with van der Waals surface area (Å²) in [5.41, 5.74) is 7.03. The molecule has 0 aromatic heterocycles. The van der Waals surface area contributed by atoms with Gasteiger partial charge in [0.25, 0.3) is 5.91 Å². The number of hydrogen-bond donors (Lipinski definition) is 3. The zero-order valence-corrected chi connectivity index (χ0v) is 15.3. The van der Waals surface area contributed by atoms with Crippen LogP contribution in [0.3, 0.4) is 0 Å². The largest absolute Gasteiger partial charge is 0.484 e. The fourth-order valence-corrected chi connectivity index (χ4v) is 2.23. The molecule has 7 heteroatoms. The quantitative estimate of drug-likeness (QED) is 0.535. The van der Waals surface area contributed by atoms with Gasteiger partial charge in [0.15, 0.2) is 11.7 Å². The average molecular weight is 371 g/mol. The minimum Gasteiger partial charge on any atom is -0.484 e. The van der Waals surface area contributed by atoms with E-state index >= 15 is 0 Å². The highest BCUT2D eigenvalue weighted by molar-refractivity contribution is 7.80. The van der Waals surface area contributed by atoms with Gasteiger partial charge in [-0.15, -0.1) is 0 Å². The molecule has 0 saturated carbocycles. The van der Waals surface area contributed by atoms with Crippen LogP contribution in [-0.4, -0.2) is 23.5 Å². The van der Waals surface area contributed by atoms with Crippen molar-refractivity contribution in [1.82, 2.24) is 16.2 Å². The maximum atomic E-state index is 11.8. The first-order valence-corrected chi connectivity index (χ1v) is 8.56. The molecule has 3 N–H and O–H groups in total. The van der Waals surface area contributed by atoms with Crippen LogP contribution in [0, 0.1) is 6.92 Å². The third-order valence-electron chi connectivity index (χ3n) is 3.44. The van der Waals surface area contributed by atoms with Crippen molar-refractivity contribution in [2.75, 3.05) is 6.61 Å². The van der Waals surface area contributed by atoms with E-state index in [0.29, 0.717) is 18.6 Å². The predicted octanol–water partition coefficient (Wildman–Crippen LogP) is 2.03. The predicted molar refractivity (Wildman–Crippen MR) is 103 cm³/mol. The van der Waals surface area contributed by atoms with Crippen LogP contribution in [0.2, 0.25) is 0 Å². The Balaban J connectivity index is 1.62. The number of hydrazine groups is 1. The zero-order chi connectivity index (χ0) is 18.8. The number of aryl methyl sites for hydroxylation is 2. The molecule has 6 nitrogen and oxygen atoms in total. The van der Waals surface area contributed by atoms with E-state index in [-0.39, 0.29) is 17.6 Å². The van der Waals surface area contributed by atoms with Crippen LogP contribution < -0.4 is 20.9 Å². The Morgan fingerprint density at radius 2 is 1.65 bits per heavy atom. The molecule has 0 atom stereocenters. The lowest BCUT2D eigenvalue weighted by Crippen LogP contribution is -2.49. The molecule has 0 radical (unpaired) electrons. The van der Waals surface area contributed by atoms with E-state index in [0.717, 1.165) is 11.1 Å². The molecular formula is C19H21N3O3S. The number of carbonyl (C=O) groups is 2. The smallest absolute Gasteiger partial charge is 0.276 e. The second-order valence-electron chi connectivity index (χ2n) is 5.64. The molecule has 2 amide bonds. The summed E-state index contributed by atoms with van der Waals surface area (Å²) in [6.45, 7) is 1.80.